The molecule has 0 bridgehead atoms. The SMILES string of the molecule is COc1ccc(NC(=O)NCc2ccc(CNc3cc(-c4ccccc4Cl)nc4c(Br)cnn34)cc2)cc1. The van der Waals surface area contributed by atoms with Crippen LogP contribution in [0.1, 0.15) is 11.1 Å². The minimum atomic E-state index is -0.276. The molecule has 0 saturated heterocycles. The van der Waals surface area contributed by atoms with Crippen molar-refractivity contribution in [1.82, 2.24) is 19.9 Å². The molecule has 0 aliphatic rings. The molecule has 5 aromatic rings. The Labute approximate surface area is 233 Å². The van der Waals surface area contributed by atoms with Crippen LogP contribution in [0.4, 0.5) is 16.3 Å². The van der Waals surface area contributed by atoms with E-state index in [1.165, 1.54) is 0 Å². The molecule has 8 nitrogen and oxygen atoms in total. The quantitative estimate of drug-likeness (QED) is 0.186. The monoisotopic (exact) mass is 590 g/mol. The third kappa shape index (κ3) is 5.90. The Kier molecular flexibility index (Phi) is 7.76. The van der Waals surface area contributed by atoms with Gasteiger partial charge in [-0.25, -0.2) is 9.78 Å². The van der Waals surface area contributed by atoms with Crippen molar-refractivity contribution >= 4 is 50.7 Å². The minimum absolute atomic E-state index is 0.276. The fourth-order valence-corrected chi connectivity index (χ4v) is 4.45. The van der Waals surface area contributed by atoms with Crippen LogP contribution in [-0.4, -0.2) is 27.7 Å². The van der Waals surface area contributed by atoms with Gasteiger partial charge in [-0.3, -0.25) is 0 Å². The number of carbonyl (C=O) groups is 1. The Morgan fingerprint density at radius 1 is 1.00 bits per heavy atom. The molecule has 3 N–H and O–H groups in total. The van der Waals surface area contributed by atoms with Crippen molar-refractivity contribution < 1.29 is 9.53 Å². The van der Waals surface area contributed by atoms with Gasteiger partial charge in [0.2, 0.25) is 0 Å². The highest BCUT2D eigenvalue weighted by atomic mass is 79.9. The maximum absolute atomic E-state index is 12.2. The van der Waals surface area contributed by atoms with Crippen molar-refractivity contribution in [2.75, 3.05) is 17.7 Å². The summed E-state index contributed by atoms with van der Waals surface area (Å²) in [7, 11) is 1.60. The molecule has 3 aromatic carbocycles. The van der Waals surface area contributed by atoms with Gasteiger partial charge < -0.3 is 20.7 Å². The molecule has 0 fully saturated rings. The number of carbonyl (C=O) groups excluding carboxylic acids is 1. The van der Waals surface area contributed by atoms with Gasteiger partial charge in [0.25, 0.3) is 0 Å². The van der Waals surface area contributed by atoms with Crippen LogP contribution in [0.3, 0.4) is 0 Å². The predicted molar refractivity (Wildman–Crippen MR) is 154 cm³/mol. The molecule has 0 aliphatic carbocycles. The molecule has 0 spiro atoms. The maximum Gasteiger partial charge on any atom is 0.319 e. The smallest absolute Gasteiger partial charge is 0.319 e. The fourth-order valence-electron chi connectivity index (χ4n) is 3.87. The van der Waals surface area contributed by atoms with E-state index in [1.54, 1.807) is 42.1 Å². The maximum atomic E-state index is 12.2. The average molecular weight is 592 g/mol. The third-order valence-corrected chi connectivity index (χ3v) is 6.77. The lowest BCUT2D eigenvalue weighted by atomic mass is 10.1. The van der Waals surface area contributed by atoms with Gasteiger partial charge in [-0.05, 0) is 57.4 Å². The van der Waals surface area contributed by atoms with Crippen molar-refractivity contribution in [3.63, 3.8) is 0 Å². The number of ether oxygens (including phenoxy) is 1. The number of methoxy groups -OCH3 is 1. The van der Waals surface area contributed by atoms with E-state index in [0.29, 0.717) is 29.4 Å². The van der Waals surface area contributed by atoms with Gasteiger partial charge >= 0.3 is 6.03 Å². The molecule has 0 radical (unpaired) electrons. The van der Waals surface area contributed by atoms with Crippen molar-refractivity contribution in [1.29, 1.82) is 0 Å². The number of benzene rings is 3. The number of rotatable bonds is 8. The summed E-state index contributed by atoms with van der Waals surface area (Å²) in [5.41, 5.74) is 5.05. The molecule has 0 saturated carbocycles. The summed E-state index contributed by atoms with van der Waals surface area (Å²) < 4.78 is 7.68. The zero-order valence-corrected chi connectivity index (χ0v) is 22.8. The van der Waals surface area contributed by atoms with Crippen molar-refractivity contribution in [3.8, 4) is 17.0 Å². The summed E-state index contributed by atoms with van der Waals surface area (Å²) in [5, 5.41) is 14.2. The van der Waals surface area contributed by atoms with E-state index in [2.05, 4.69) is 37.0 Å². The summed E-state index contributed by atoms with van der Waals surface area (Å²) >= 11 is 9.96. The van der Waals surface area contributed by atoms with Gasteiger partial charge in [-0.2, -0.15) is 9.61 Å². The van der Waals surface area contributed by atoms with E-state index in [4.69, 9.17) is 21.3 Å². The third-order valence-electron chi connectivity index (χ3n) is 5.88. The molecule has 38 heavy (non-hydrogen) atoms. The van der Waals surface area contributed by atoms with E-state index in [9.17, 15) is 4.79 Å². The standard InChI is InChI=1S/C28H24BrClN6O2/c1-38-21-12-10-20(11-13-21)34-28(37)32-16-19-8-6-18(7-9-19)15-31-26-14-25(22-4-2-3-5-24(22)30)35-27-23(29)17-33-36(26)27/h2-14,17,31H,15-16H2,1H3,(H2,32,34,37). The summed E-state index contributed by atoms with van der Waals surface area (Å²) in [6.45, 7) is 0.980. The average Bonchev–Trinajstić information content (AvgIpc) is 3.32. The second kappa shape index (κ2) is 11.5. The summed E-state index contributed by atoms with van der Waals surface area (Å²) in [5.74, 6) is 1.52. The first kappa shape index (κ1) is 25.6. The van der Waals surface area contributed by atoms with Crippen LogP contribution in [0.2, 0.25) is 5.02 Å². The van der Waals surface area contributed by atoms with Crippen LogP contribution in [0, 0.1) is 0 Å². The highest BCUT2D eigenvalue weighted by Gasteiger charge is 2.13. The Morgan fingerprint density at radius 3 is 2.42 bits per heavy atom. The van der Waals surface area contributed by atoms with Gasteiger partial charge in [0.15, 0.2) is 5.65 Å². The number of amides is 2. The Balaban J connectivity index is 1.22. The molecule has 192 valence electrons. The number of halogens is 2. The first-order valence-electron chi connectivity index (χ1n) is 11.8. The zero-order valence-electron chi connectivity index (χ0n) is 20.4. The van der Waals surface area contributed by atoms with Crippen LogP contribution >= 0.6 is 27.5 Å². The van der Waals surface area contributed by atoms with Crippen LogP contribution < -0.4 is 20.7 Å². The molecule has 0 unspecified atom stereocenters. The van der Waals surface area contributed by atoms with Crippen molar-refractivity contribution in [2.45, 2.75) is 13.1 Å². The topological polar surface area (TPSA) is 92.6 Å². The Hall–Kier alpha value is -4.08. The molecule has 2 amide bonds. The van der Waals surface area contributed by atoms with Crippen LogP contribution in [-0.2, 0) is 13.1 Å². The van der Waals surface area contributed by atoms with Crippen LogP contribution in [0.25, 0.3) is 16.9 Å². The van der Waals surface area contributed by atoms with Crippen molar-refractivity contribution in [2.24, 2.45) is 0 Å². The van der Waals surface area contributed by atoms with E-state index in [-0.39, 0.29) is 6.03 Å². The number of hydrogen-bond donors (Lipinski definition) is 3. The van der Waals surface area contributed by atoms with E-state index in [1.807, 2.05) is 54.6 Å². The molecule has 0 aliphatic heterocycles. The lowest BCUT2D eigenvalue weighted by Crippen LogP contribution is -2.28. The number of aromatic nitrogens is 3. The van der Waals surface area contributed by atoms with Gasteiger partial charge in [0.1, 0.15) is 11.6 Å². The minimum Gasteiger partial charge on any atom is -0.497 e. The molecular weight excluding hydrogens is 568 g/mol. The number of nitrogens with zero attached hydrogens (tertiary/aromatic N) is 3. The lowest BCUT2D eigenvalue weighted by Gasteiger charge is -2.12. The summed E-state index contributed by atoms with van der Waals surface area (Å²) in [4.78, 5) is 17.0. The number of urea groups is 1. The number of hydrogen-bond acceptors (Lipinski definition) is 5. The largest absolute Gasteiger partial charge is 0.497 e. The van der Waals surface area contributed by atoms with Gasteiger partial charge in [-0.1, -0.05) is 54.1 Å². The van der Waals surface area contributed by atoms with Gasteiger partial charge in [0.05, 0.1) is 23.5 Å². The highest BCUT2D eigenvalue weighted by Crippen LogP contribution is 2.30. The van der Waals surface area contributed by atoms with Crippen LogP contribution in [0.15, 0.2) is 89.5 Å². The van der Waals surface area contributed by atoms with Crippen LogP contribution in [0.5, 0.6) is 5.75 Å². The van der Waals surface area contributed by atoms with Gasteiger partial charge in [0, 0.05) is 35.4 Å². The fraction of sp³-hybridized carbons (Fsp3) is 0.107. The molecule has 5 rings (SSSR count). The number of anilines is 2. The van der Waals surface area contributed by atoms with E-state index < -0.39 is 0 Å². The molecule has 10 heteroatoms. The first-order valence-corrected chi connectivity index (χ1v) is 13.0. The molecular formula is C28H24BrClN6O2. The Morgan fingerprint density at radius 2 is 1.71 bits per heavy atom. The van der Waals surface area contributed by atoms with Crippen molar-refractivity contribution in [3.05, 3.63) is 106 Å². The highest BCUT2D eigenvalue weighted by molar-refractivity contribution is 9.10. The van der Waals surface area contributed by atoms with Gasteiger partial charge in [-0.15, -0.1) is 0 Å². The second-order valence-corrected chi connectivity index (χ2v) is 9.70. The Bertz CT molecular complexity index is 1570. The summed E-state index contributed by atoms with van der Waals surface area (Å²) in [6.07, 6.45) is 1.72. The number of fused-ring (bicyclic) bond motifs is 1. The second-order valence-electron chi connectivity index (χ2n) is 8.44. The normalized spacial score (nSPS) is 10.8. The lowest BCUT2D eigenvalue weighted by molar-refractivity contribution is 0.251. The first-order chi connectivity index (χ1) is 18.5. The molecule has 2 heterocycles. The number of nitrogens with one attached hydrogen (secondary N) is 3. The summed E-state index contributed by atoms with van der Waals surface area (Å²) in [6, 6.07) is 24.5. The molecule has 2 aromatic heterocycles. The van der Waals surface area contributed by atoms with E-state index in [0.717, 1.165) is 38.4 Å². The zero-order chi connectivity index (χ0) is 26.5. The molecule has 0 atom stereocenters. The van der Waals surface area contributed by atoms with E-state index >= 15 is 0 Å². The predicted octanol–water partition coefficient (Wildman–Crippen LogP) is 6.75.